The number of nitrogens with zero attached hydrogens (tertiary/aromatic N) is 2. The van der Waals surface area contributed by atoms with Gasteiger partial charge in [0.1, 0.15) is 11.2 Å². The molecule has 0 saturated heterocycles. The molecule has 74 heavy (non-hydrogen) atoms. The van der Waals surface area contributed by atoms with Crippen LogP contribution in [0.2, 0.25) is 0 Å². The first-order valence-corrected chi connectivity index (χ1v) is 25.6. The van der Waals surface area contributed by atoms with Gasteiger partial charge in [0, 0.05) is 55.1 Å². The van der Waals surface area contributed by atoms with E-state index in [1.807, 2.05) is 0 Å². The zero-order chi connectivity index (χ0) is 48.5. The number of hydrogen-bond donors (Lipinski definition) is 0. The van der Waals surface area contributed by atoms with Crippen LogP contribution < -0.4 is 4.90 Å². The maximum atomic E-state index is 6.84. The van der Waals surface area contributed by atoms with Crippen LogP contribution in [0.4, 0.5) is 17.1 Å². The second-order valence-electron chi connectivity index (χ2n) is 19.9. The van der Waals surface area contributed by atoms with E-state index in [0.29, 0.717) is 0 Å². The van der Waals surface area contributed by atoms with Gasteiger partial charge in [0.15, 0.2) is 0 Å². The van der Waals surface area contributed by atoms with E-state index in [-0.39, 0.29) is 0 Å². The average molecular weight is 941 g/mol. The van der Waals surface area contributed by atoms with Crippen LogP contribution in [0.1, 0.15) is 22.3 Å². The Kier molecular flexibility index (Phi) is 8.66. The van der Waals surface area contributed by atoms with Gasteiger partial charge < -0.3 is 13.9 Å². The molecule has 2 aliphatic rings. The van der Waals surface area contributed by atoms with E-state index in [1.54, 1.807) is 0 Å². The smallest absolute Gasteiger partial charge is 0.143 e. The van der Waals surface area contributed by atoms with E-state index in [4.69, 9.17) is 4.42 Å². The molecule has 0 saturated carbocycles. The fraction of sp³-hybridized carbons (Fsp3) is 0.0141. The molecule has 0 atom stereocenters. The van der Waals surface area contributed by atoms with Crippen molar-refractivity contribution in [2.45, 2.75) is 5.41 Å². The molecule has 2 aliphatic carbocycles. The summed E-state index contributed by atoms with van der Waals surface area (Å²) in [6, 6.07) is 98.2. The third-order valence-electron chi connectivity index (χ3n) is 16.2. The number of para-hydroxylation sites is 4. The molecule has 0 N–H and O–H groups in total. The Bertz CT molecular complexity index is 4490. The highest BCUT2D eigenvalue weighted by Gasteiger charge is 2.51. The molecule has 0 aliphatic heterocycles. The van der Waals surface area contributed by atoms with Gasteiger partial charge in [-0.1, -0.05) is 206 Å². The zero-order valence-corrected chi connectivity index (χ0v) is 40.2. The largest absolute Gasteiger partial charge is 0.455 e. The zero-order valence-electron chi connectivity index (χ0n) is 40.2. The molecule has 3 nitrogen and oxygen atoms in total. The van der Waals surface area contributed by atoms with E-state index in [1.165, 1.54) is 77.3 Å². The fourth-order valence-corrected chi connectivity index (χ4v) is 13.1. The van der Waals surface area contributed by atoms with Crippen molar-refractivity contribution >= 4 is 71.6 Å². The van der Waals surface area contributed by atoms with Crippen molar-refractivity contribution < 1.29 is 4.42 Å². The normalized spacial score (nSPS) is 13.0. The van der Waals surface area contributed by atoms with E-state index in [2.05, 4.69) is 276 Å². The van der Waals surface area contributed by atoms with Crippen molar-refractivity contribution in [2.24, 2.45) is 0 Å². The molecule has 3 heteroatoms. The molecule has 0 unspecified atom stereocenters. The van der Waals surface area contributed by atoms with Crippen molar-refractivity contribution in [1.82, 2.24) is 4.57 Å². The second-order valence-corrected chi connectivity index (χ2v) is 19.9. The highest BCUT2D eigenvalue weighted by Crippen LogP contribution is 2.63. The van der Waals surface area contributed by atoms with Crippen molar-refractivity contribution in [3.63, 3.8) is 0 Å². The van der Waals surface area contributed by atoms with Crippen molar-refractivity contribution in [3.05, 3.63) is 289 Å². The van der Waals surface area contributed by atoms with E-state index in [9.17, 15) is 0 Å². The summed E-state index contributed by atoms with van der Waals surface area (Å²) < 4.78 is 9.27. The Morgan fingerprint density at radius 1 is 0.297 bits per heavy atom. The number of rotatable bonds is 6. The van der Waals surface area contributed by atoms with Crippen LogP contribution in [-0.4, -0.2) is 4.57 Å². The summed E-state index contributed by atoms with van der Waals surface area (Å²) in [6.45, 7) is 0. The molecule has 14 aromatic rings. The molecule has 2 heterocycles. The van der Waals surface area contributed by atoms with Gasteiger partial charge in [-0.2, -0.15) is 0 Å². The van der Waals surface area contributed by atoms with Crippen molar-refractivity contribution in [1.29, 1.82) is 0 Å². The lowest BCUT2D eigenvalue weighted by atomic mass is 9.70. The van der Waals surface area contributed by atoms with Crippen LogP contribution in [0.3, 0.4) is 0 Å². The minimum atomic E-state index is -0.471. The fourth-order valence-electron chi connectivity index (χ4n) is 13.1. The van der Waals surface area contributed by atoms with Gasteiger partial charge in [-0.15, -0.1) is 0 Å². The molecule has 1 spiro atoms. The van der Waals surface area contributed by atoms with Gasteiger partial charge in [-0.05, 0) is 122 Å². The maximum absolute atomic E-state index is 6.84. The molecule has 12 aromatic carbocycles. The lowest BCUT2D eigenvalue weighted by molar-refractivity contribution is 0.674. The standard InChI is InChI=1S/C71H44N2O/c1-2-18-52-45(16-1)36-42-61-60-25-15-24-53(69(60)74-70(52)61)47-34-39-49(40-35-47)72(48-37-32-46(33-38-48)51-17-6-12-29-66(51)73-67-30-13-7-22-58(67)59-23-8-14-31-68(59)73)50-41-43-57-56-21-5-11-28-64(56)71(65(57)44-50)62-26-9-3-19-54(62)55-20-4-10-27-63(55)71/h1-44H. The first-order chi connectivity index (χ1) is 36.7. The Balaban J connectivity index is 0.873. The van der Waals surface area contributed by atoms with Gasteiger partial charge in [0.05, 0.1) is 22.1 Å². The molecular weight excluding hydrogens is 897 g/mol. The third kappa shape index (κ3) is 5.66. The molecule has 0 radical (unpaired) electrons. The Morgan fingerprint density at radius 3 is 1.39 bits per heavy atom. The minimum absolute atomic E-state index is 0.471. The van der Waals surface area contributed by atoms with Gasteiger partial charge >= 0.3 is 0 Å². The number of fused-ring (bicyclic) bond motifs is 18. The quantitative estimate of drug-likeness (QED) is 0.166. The summed E-state index contributed by atoms with van der Waals surface area (Å²) >= 11 is 0. The Morgan fingerprint density at radius 2 is 0.757 bits per heavy atom. The van der Waals surface area contributed by atoms with Crippen LogP contribution in [0.5, 0.6) is 0 Å². The third-order valence-corrected chi connectivity index (χ3v) is 16.2. The predicted octanol–water partition coefficient (Wildman–Crippen LogP) is 19.0. The molecule has 344 valence electrons. The average Bonchev–Trinajstić information content (AvgIpc) is 4.24. The molecule has 0 amide bonds. The van der Waals surface area contributed by atoms with Crippen molar-refractivity contribution in [3.8, 4) is 50.2 Å². The monoisotopic (exact) mass is 940 g/mol. The molecule has 0 fully saturated rings. The number of hydrogen-bond acceptors (Lipinski definition) is 2. The second kappa shape index (κ2) is 15.6. The van der Waals surface area contributed by atoms with Gasteiger partial charge in [-0.3, -0.25) is 0 Å². The van der Waals surface area contributed by atoms with Gasteiger partial charge in [0.2, 0.25) is 0 Å². The molecule has 16 rings (SSSR count). The first-order valence-electron chi connectivity index (χ1n) is 25.6. The summed E-state index contributed by atoms with van der Waals surface area (Å²) in [4.78, 5) is 2.43. The maximum Gasteiger partial charge on any atom is 0.143 e. The predicted molar refractivity (Wildman–Crippen MR) is 307 cm³/mol. The van der Waals surface area contributed by atoms with E-state index < -0.39 is 5.41 Å². The van der Waals surface area contributed by atoms with E-state index in [0.717, 1.165) is 66.8 Å². The topological polar surface area (TPSA) is 21.3 Å². The SMILES string of the molecule is c1ccc(-n2c3ccccc3c3ccccc32)c(-c2ccc(N(c3ccc(-c4cccc5c4oc4c6ccccc6ccc54)cc3)c3ccc4c(c3)C3(c5ccccc5-c5ccccc53)c3ccccc3-4)cc2)c1. The number of benzene rings is 12. The molecule has 2 aromatic heterocycles. The van der Waals surface area contributed by atoms with Crippen LogP contribution >= 0.6 is 0 Å². The first kappa shape index (κ1) is 41.0. The van der Waals surface area contributed by atoms with Crippen LogP contribution in [-0.2, 0) is 5.41 Å². The molecule has 0 bridgehead atoms. The van der Waals surface area contributed by atoms with Gasteiger partial charge in [0.25, 0.3) is 0 Å². The lowest BCUT2D eigenvalue weighted by Crippen LogP contribution is -2.26. The highest BCUT2D eigenvalue weighted by molar-refractivity contribution is 6.17. The summed E-state index contributed by atoms with van der Waals surface area (Å²) in [5.41, 5.74) is 23.1. The summed E-state index contributed by atoms with van der Waals surface area (Å²) in [7, 11) is 0. The minimum Gasteiger partial charge on any atom is -0.455 e. The van der Waals surface area contributed by atoms with Crippen LogP contribution in [0.15, 0.2) is 271 Å². The van der Waals surface area contributed by atoms with Crippen molar-refractivity contribution in [2.75, 3.05) is 4.90 Å². The van der Waals surface area contributed by atoms with Crippen LogP contribution in [0, 0.1) is 0 Å². The summed E-state index contributed by atoms with van der Waals surface area (Å²) in [5, 5.41) is 7.06. The summed E-state index contributed by atoms with van der Waals surface area (Å²) in [5.74, 6) is 0. The lowest BCUT2D eigenvalue weighted by Gasteiger charge is -2.32. The van der Waals surface area contributed by atoms with Gasteiger partial charge in [-0.25, -0.2) is 0 Å². The number of anilines is 3. The number of furan rings is 1. The Hall–Kier alpha value is -9.70. The number of aromatic nitrogens is 1. The Labute approximate surface area is 428 Å². The van der Waals surface area contributed by atoms with E-state index >= 15 is 0 Å². The van der Waals surface area contributed by atoms with Crippen LogP contribution in [0.25, 0.3) is 105 Å². The molecular formula is C71H44N2O. The summed E-state index contributed by atoms with van der Waals surface area (Å²) in [6.07, 6.45) is 0. The highest BCUT2D eigenvalue weighted by atomic mass is 16.3.